The smallest absolute Gasteiger partial charge is 0.278 e. The van der Waals surface area contributed by atoms with Gasteiger partial charge < -0.3 is 10.2 Å². The summed E-state index contributed by atoms with van der Waals surface area (Å²) in [5.41, 5.74) is 2.71. The molecule has 4 rings (SSSR count). The number of hydrogen-bond acceptors (Lipinski definition) is 6. The summed E-state index contributed by atoms with van der Waals surface area (Å²) in [6, 6.07) is 11.2. The number of carbonyl (C=O) groups excluding carboxylic acids is 2. The Labute approximate surface area is 203 Å². The van der Waals surface area contributed by atoms with E-state index >= 15 is 0 Å². The Balaban J connectivity index is 1.55. The van der Waals surface area contributed by atoms with E-state index in [0.717, 1.165) is 25.1 Å². The maximum atomic E-state index is 13.1. The lowest BCUT2D eigenvalue weighted by Gasteiger charge is -2.35. The number of piperidine rings is 1. The summed E-state index contributed by atoms with van der Waals surface area (Å²) >= 11 is 0. The van der Waals surface area contributed by atoms with E-state index in [-0.39, 0.29) is 17.3 Å². The van der Waals surface area contributed by atoms with E-state index in [0.29, 0.717) is 34.5 Å². The monoisotopic (exact) mass is 476 g/mol. The SMILES string of the molecule is Cc1ccc(C(=O)N2CC(C)CC(C)C2)cc1NC(=O)c1nnn(-c2cccc([N+](=O)[O-])c2)c1C. The van der Waals surface area contributed by atoms with Crippen LogP contribution in [0.2, 0.25) is 0 Å². The second-order valence-corrected chi connectivity index (χ2v) is 9.35. The molecular formula is C25H28N6O4. The van der Waals surface area contributed by atoms with Crippen molar-refractivity contribution in [2.75, 3.05) is 18.4 Å². The lowest BCUT2D eigenvalue weighted by atomic mass is 9.91. The summed E-state index contributed by atoms with van der Waals surface area (Å²) in [6.45, 7) is 9.26. The van der Waals surface area contributed by atoms with Gasteiger partial charge in [0.05, 0.1) is 16.3 Å². The molecule has 3 aromatic rings. The van der Waals surface area contributed by atoms with Gasteiger partial charge in [0.25, 0.3) is 17.5 Å². The number of rotatable bonds is 5. The zero-order valence-corrected chi connectivity index (χ0v) is 20.2. The van der Waals surface area contributed by atoms with E-state index < -0.39 is 10.8 Å². The fourth-order valence-electron chi connectivity index (χ4n) is 4.61. The van der Waals surface area contributed by atoms with Crippen LogP contribution in [0.3, 0.4) is 0 Å². The zero-order valence-electron chi connectivity index (χ0n) is 20.2. The van der Waals surface area contributed by atoms with Gasteiger partial charge in [-0.05, 0) is 55.9 Å². The number of anilines is 1. The molecule has 1 aromatic heterocycles. The molecule has 2 aromatic carbocycles. The highest BCUT2D eigenvalue weighted by atomic mass is 16.6. The molecule has 1 fully saturated rings. The number of nitrogens with one attached hydrogen (secondary N) is 1. The first-order valence-electron chi connectivity index (χ1n) is 11.5. The van der Waals surface area contributed by atoms with E-state index in [1.54, 1.807) is 31.2 Å². The first-order valence-corrected chi connectivity index (χ1v) is 11.5. The van der Waals surface area contributed by atoms with Gasteiger partial charge in [0, 0.05) is 36.5 Å². The normalized spacial score (nSPS) is 17.8. The molecule has 2 heterocycles. The number of hydrogen-bond donors (Lipinski definition) is 1. The number of non-ortho nitro benzene ring substituents is 1. The molecule has 2 unspecified atom stereocenters. The first kappa shape index (κ1) is 24.1. The number of nitrogens with zero attached hydrogens (tertiary/aromatic N) is 5. The van der Waals surface area contributed by atoms with Crippen LogP contribution in [-0.2, 0) is 0 Å². The van der Waals surface area contributed by atoms with Crippen molar-refractivity contribution in [2.24, 2.45) is 11.8 Å². The number of benzene rings is 2. The van der Waals surface area contributed by atoms with E-state index in [1.807, 2.05) is 17.9 Å². The quantitative estimate of drug-likeness (QED) is 0.436. The maximum absolute atomic E-state index is 13.1. The second-order valence-electron chi connectivity index (χ2n) is 9.35. The second kappa shape index (κ2) is 9.65. The largest absolute Gasteiger partial charge is 0.338 e. The molecule has 10 heteroatoms. The summed E-state index contributed by atoms with van der Waals surface area (Å²) in [6.07, 6.45) is 1.11. The van der Waals surface area contributed by atoms with Gasteiger partial charge in [0.2, 0.25) is 0 Å². The molecular weight excluding hydrogens is 448 g/mol. The summed E-state index contributed by atoms with van der Waals surface area (Å²) in [5, 5.41) is 22.0. The summed E-state index contributed by atoms with van der Waals surface area (Å²) in [7, 11) is 0. The molecule has 0 bridgehead atoms. The highest BCUT2D eigenvalue weighted by Crippen LogP contribution is 2.25. The molecule has 0 radical (unpaired) electrons. The average Bonchev–Trinajstić information content (AvgIpc) is 3.20. The molecule has 1 aliphatic heterocycles. The van der Waals surface area contributed by atoms with Crippen LogP contribution >= 0.6 is 0 Å². The molecule has 1 saturated heterocycles. The van der Waals surface area contributed by atoms with Crippen LogP contribution in [0.1, 0.15) is 52.4 Å². The Morgan fingerprint density at radius 3 is 2.49 bits per heavy atom. The highest BCUT2D eigenvalue weighted by molar-refractivity contribution is 6.05. The van der Waals surface area contributed by atoms with Crippen molar-refractivity contribution in [1.82, 2.24) is 19.9 Å². The van der Waals surface area contributed by atoms with Crippen LogP contribution < -0.4 is 5.32 Å². The number of nitro benzene ring substituents is 1. The molecule has 0 aliphatic carbocycles. The van der Waals surface area contributed by atoms with E-state index in [4.69, 9.17) is 0 Å². The first-order chi connectivity index (χ1) is 16.6. The Morgan fingerprint density at radius 2 is 1.80 bits per heavy atom. The molecule has 10 nitrogen and oxygen atoms in total. The molecule has 2 atom stereocenters. The minimum atomic E-state index is -0.494. The van der Waals surface area contributed by atoms with E-state index in [1.165, 1.54) is 16.8 Å². The third kappa shape index (κ3) is 5.06. The van der Waals surface area contributed by atoms with Crippen molar-refractivity contribution in [3.8, 4) is 5.69 Å². The van der Waals surface area contributed by atoms with Crippen LogP contribution in [0.25, 0.3) is 5.69 Å². The Kier molecular flexibility index (Phi) is 6.63. The minimum Gasteiger partial charge on any atom is -0.338 e. The van der Waals surface area contributed by atoms with Crippen molar-refractivity contribution in [3.05, 3.63) is 75.1 Å². The van der Waals surface area contributed by atoms with Crippen LogP contribution in [-0.4, -0.2) is 49.7 Å². The van der Waals surface area contributed by atoms with Crippen LogP contribution in [0.5, 0.6) is 0 Å². The van der Waals surface area contributed by atoms with Crippen molar-refractivity contribution in [3.63, 3.8) is 0 Å². The standard InChI is InChI=1S/C25H28N6O4/c1-15-10-16(2)14-29(13-15)25(33)19-9-8-17(3)22(11-19)26-24(32)23-18(4)30(28-27-23)20-6-5-7-21(12-20)31(34)35/h5-9,11-12,15-16H,10,13-14H2,1-4H3,(H,26,32). The highest BCUT2D eigenvalue weighted by Gasteiger charge is 2.27. The van der Waals surface area contributed by atoms with E-state index in [2.05, 4.69) is 29.5 Å². The molecule has 0 spiro atoms. The van der Waals surface area contributed by atoms with Gasteiger partial charge in [0.1, 0.15) is 0 Å². The van der Waals surface area contributed by atoms with Gasteiger partial charge in [-0.3, -0.25) is 19.7 Å². The van der Waals surface area contributed by atoms with Crippen molar-refractivity contribution >= 4 is 23.2 Å². The van der Waals surface area contributed by atoms with E-state index in [9.17, 15) is 19.7 Å². The fraction of sp³-hybridized carbons (Fsp3) is 0.360. The van der Waals surface area contributed by atoms with Gasteiger partial charge in [-0.2, -0.15) is 0 Å². The van der Waals surface area contributed by atoms with Crippen LogP contribution in [0.4, 0.5) is 11.4 Å². The summed E-state index contributed by atoms with van der Waals surface area (Å²) in [4.78, 5) is 38.7. The number of carbonyl (C=O) groups is 2. The third-order valence-corrected chi connectivity index (χ3v) is 6.28. The van der Waals surface area contributed by atoms with Crippen LogP contribution in [0.15, 0.2) is 42.5 Å². The molecule has 1 aliphatic rings. The molecule has 0 saturated carbocycles. The Hall–Kier alpha value is -4.08. The van der Waals surface area contributed by atoms with Gasteiger partial charge in [-0.15, -0.1) is 5.10 Å². The molecule has 182 valence electrons. The fourth-order valence-corrected chi connectivity index (χ4v) is 4.61. The third-order valence-electron chi connectivity index (χ3n) is 6.28. The van der Waals surface area contributed by atoms with Crippen molar-refractivity contribution in [2.45, 2.75) is 34.1 Å². The van der Waals surface area contributed by atoms with Gasteiger partial charge in [0.15, 0.2) is 5.69 Å². The Morgan fingerprint density at radius 1 is 1.09 bits per heavy atom. The predicted octanol–water partition coefficient (Wildman–Crippen LogP) is 4.16. The lowest BCUT2D eigenvalue weighted by Crippen LogP contribution is -2.42. The Bertz CT molecular complexity index is 1290. The summed E-state index contributed by atoms with van der Waals surface area (Å²) < 4.78 is 1.38. The zero-order chi connectivity index (χ0) is 25.3. The predicted molar refractivity (Wildman–Crippen MR) is 131 cm³/mol. The molecule has 1 N–H and O–H groups in total. The maximum Gasteiger partial charge on any atom is 0.278 e. The molecule has 2 amide bonds. The minimum absolute atomic E-state index is 0.0494. The van der Waals surface area contributed by atoms with Gasteiger partial charge in [-0.1, -0.05) is 31.2 Å². The number of aryl methyl sites for hydroxylation is 1. The van der Waals surface area contributed by atoms with Crippen molar-refractivity contribution in [1.29, 1.82) is 0 Å². The topological polar surface area (TPSA) is 123 Å². The summed E-state index contributed by atoms with van der Waals surface area (Å²) in [5.74, 6) is 0.367. The van der Waals surface area contributed by atoms with Gasteiger partial charge >= 0.3 is 0 Å². The number of nitro groups is 1. The van der Waals surface area contributed by atoms with Gasteiger partial charge in [-0.25, -0.2) is 4.68 Å². The molecule has 35 heavy (non-hydrogen) atoms. The average molecular weight is 477 g/mol. The lowest BCUT2D eigenvalue weighted by molar-refractivity contribution is -0.384. The number of likely N-dealkylation sites (tertiary alicyclic amines) is 1. The number of amides is 2. The van der Waals surface area contributed by atoms with Crippen molar-refractivity contribution < 1.29 is 14.5 Å². The van der Waals surface area contributed by atoms with Crippen LogP contribution in [0, 0.1) is 35.8 Å². The number of aromatic nitrogens is 3.